The number of nitrogens with zero attached hydrogens (tertiary/aromatic N) is 1. The Labute approximate surface area is 76.3 Å². The lowest BCUT2D eigenvalue weighted by atomic mass is 10.0. The van der Waals surface area contributed by atoms with Gasteiger partial charge in [-0.1, -0.05) is 13.8 Å². The molecule has 0 aliphatic carbocycles. The lowest BCUT2D eigenvalue weighted by molar-refractivity contribution is 0.164. The molecule has 1 aliphatic heterocycles. The minimum Gasteiger partial charge on any atom is -0.311 e. The molecule has 0 unspecified atom stereocenters. The molecular weight excluding hydrogens is 148 g/mol. The SMILES string of the molecule is CC(C)C[C@@H]1CN(C)[C@@H](C)CN1. The summed E-state index contributed by atoms with van der Waals surface area (Å²) >= 11 is 0. The zero-order chi connectivity index (χ0) is 9.14. The largest absolute Gasteiger partial charge is 0.311 e. The molecule has 0 radical (unpaired) electrons. The van der Waals surface area contributed by atoms with E-state index >= 15 is 0 Å². The maximum atomic E-state index is 3.59. The second-order valence-electron chi connectivity index (χ2n) is 4.52. The molecule has 1 fully saturated rings. The van der Waals surface area contributed by atoms with E-state index in [2.05, 4.69) is 38.0 Å². The minimum atomic E-state index is 0.702. The van der Waals surface area contributed by atoms with Gasteiger partial charge in [0.15, 0.2) is 0 Å². The van der Waals surface area contributed by atoms with Crippen molar-refractivity contribution in [1.82, 2.24) is 10.2 Å². The van der Waals surface area contributed by atoms with Gasteiger partial charge in [0.2, 0.25) is 0 Å². The Morgan fingerprint density at radius 3 is 2.67 bits per heavy atom. The van der Waals surface area contributed by atoms with E-state index in [4.69, 9.17) is 0 Å². The van der Waals surface area contributed by atoms with E-state index in [1.807, 2.05) is 0 Å². The van der Waals surface area contributed by atoms with Crippen molar-refractivity contribution in [2.75, 3.05) is 20.1 Å². The predicted octanol–water partition coefficient (Wildman–Crippen LogP) is 1.32. The Morgan fingerprint density at radius 2 is 2.17 bits per heavy atom. The Morgan fingerprint density at radius 1 is 1.50 bits per heavy atom. The van der Waals surface area contributed by atoms with Crippen molar-refractivity contribution < 1.29 is 0 Å². The van der Waals surface area contributed by atoms with Gasteiger partial charge in [-0.3, -0.25) is 0 Å². The summed E-state index contributed by atoms with van der Waals surface area (Å²) in [5.74, 6) is 0.810. The second kappa shape index (κ2) is 4.24. The van der Waals surface area contributed by atoms with Gasteiger partial charge in [0.25, 0.3) is 0 Å². The average Bonchev–Trinajstić information content (AvgIpc) is 1.96. The van der Waals surface area contributed by atoms with Gasteiger partial charge in [0.1, 0.15) is 0 Å². The average molecular weight is 170 g/mol. The highest BCUT2D eigenvalue weighted by Gasteiger charge is 2.21. The van der Waals surface area contributed by atoms with Gasteiger partial charge in [-0.2, -0.15) is 0 Å². The Hall–Kier alpha value is -0.0800. The van der Waals surface area contributed by atoms with E-state index in [1.165, 1.54) is 13.0 Å². The van der Waals surface area contributed by atoms with Crippen molar-refractivity contribution in [2.24, 2.45) is 5.92 Å². The molecule has 1 rings (SSSR count). The highest BCUT2D eigenvalue weighted by atomic mass is 15.2. The highest BCUT2D eigenvalue weighted by molar-refractivity contribution is 4.82. The molecule has 2 atom stereocenters. The Bertz CT molecular complexity index is 134. The molecule has 0 aromatic heterocycles. The number of hydrogen-bond acceptors (Lipinski definition) is 2. The molecule has 0 amide bonds. The summed E-state index contributed by atoms with van der Waals surface area (Å²) in [6, 6.07) is 1.42. The summed E-state index contributed by atoms with van der Waals surface area (Å²) in [5.41, 5.74) is 0. The highest BCUT2D eigenvalue weighted by Crippen LogP contribution is 2.10. The fourth-order valence-electron chi connectivity index (χ4n) is 1.81. The van der Waals surface area contributed by atoms with Crippen LogP contribution in [0.1, 0.15) is 27.2 Å². The van der Waals surface area contributed by atoms with Crippen LogP contribution < -0.4 is 5.32 Å². The van der Waals surface area contributed by atoms with Crippen LogP contribution in [-0.2, 0) is 0 Å². The summed E-state index contributed by atoms with van der Waals surface area (Å²) in [4.78, 5) is 2.45. The van der Waals surface area contributed by atoms with Crippen molar-refractivity contribution in [1.29, 1.82) is 0 Å². The summed E-state index contributed by atoms with van der Waals surface area (Å²) in [6.07, 6.45) is 1.30. The first-order valence-corrected chi connectivity index (χ1v) is 5.03. The molecule has 1 N–H and O–H groups in total. The van der Waals surface area contributed by atoms with Crippen LogP contribution in [0, 0.1) is 5.92 Å². The molecular formula is C10H22N2. The maximum Gasteiger partial charge on any atom is 0.0198 e. The van der Waals surface area contributed by atoms with E-state index < -0.39 is 0 Å². The van der Waals surface area contributed by atoms with E-state index in [0.29, 0.717) is 12.1 Å². The lowest BCUT2D eigenvalue weighted by Gasteiger charge is -2.36. The first kappa shape index (κ1) is 10.0. The summed E-state index contributed by atoms with van der Waals surface area (Å²) < 4.78 is 0. The normalized spacial score (nSPS) is 32.8. The number of nitrogens with one attached hydrogen (secondary N) is 1. The fraction of sp³-hybridized carbons (Fsp3) is 1.00. The molecule has 2 nitrogen and oxygen atoms in total. The molecule has 0 bridgehead atoms. The third-order valence-corrected chi connectivity index (χ3v) is 2.72. The zero-order valence-corrected chi connectivity index (χ0v) is 8.80. The maximum absolute atomic E-state index is 3.59. The monoisotopic (exact) mass is 170 g/mol. The van der Waals surface area contributed by atoms with Crippen molar-refractivity contribution in [3.8, 4) is 0 Å². The van der Waals surface area contributed by atoms with E-state index in [-0.39, 0.29) is 0 Å². The van der Waals surface area contributed by atoms with Crippen LogP contribution in [0.3, 0.4) is 0 Å². The number of hydrogen-bond donors (Lipinski definition) is 1. The molecule has 2 heteroatoms. The van der Waals surface area contributed by atoms with Crippen LogP contribution in [0.4, 0.5) is 0 Å². The van der Waals surface area contributed by atoms with Crippen molar-refractivity contribution in [3.63, 3.8) is 0 Å². The molecule has 0 aromatic rings. The third kappa shape index (κ3) is 2.76. The van der Waals surface area contributed by atoms with Crippen LogP contribution in [0.5, 0.6) is 0 Å². The van der Waals surface area contributed by atoms with E-state index in [9.17, 15) is 0 Å². The Kier molecular flexibility index (Phi) is 3.53. The quantitative estimate of drug-likeness (QED) is 0.672. The standard InChI is InChI=1S/C10H22N2/c1-8(2)5-10-7-12(4)9(3)6-11-10/h8-11H,5-7H2,1-4H3/t9-,10+/m0/s1. The Balaban J connectivity index is 2.30. The first-order chi connectivity index (χ1) is 5.59. The zero-order valence-electron chi connectivity index (χ0n) is 8.80. The molecule has 0 spiro atoms. The predicted molar refractivity (Wildman–Crippen MR) is 53.3 cm³/mol. The summed E-state index contributed by atoms with van der Waals surface area (Å²) in [7, 11) is 2.22. The summed E-state index contributed by atoms with van der Waals surface area (Å²) in [5, 5.41) is 3.59. The smallest absolute Gasteiger partial charge is 0.0198 e. The van der Waals surface area contributed by atoms with E-state index in [0.717, 1.165) is 12.5 Å². The van der Waals surface area contributed by atoms with Crippen LogP contribution in [-0.4, -0.2) is 37.1 Å². The van der Waals surface area contributed by atoms with Crippen LogP contribution in [0.2, 0.25) is 0 Å². The second-order valence-corrected chi connectivity index (χ2v) is 4.52. The van der Waals surface area contributed by atoms with Gasteiger partial charge in [0.05, 0.1) is 0 Å². The first-order valence-electron chi connectivity index (χ1n) is 5.03. The molecule has 72 valence electrons. The topological polar surface area (TPSA) is 15.3 Å². The van der Waals surface area contributed by atoms with E-state index in [1.54, 1.807) is 0 Å². The molecule has 1 aliphatic rings. The number of likely N-dealkylation sites (N-methyl/N-ethyl adjacent to an activating group) is 1. The third-order valence-electron chi connectivity index (χ3n) is 2.72. The van der Waals surface area contributed by atoms with Gasteiger partial charge in [0, 0.05) is 25.2 Å². The van der Waals surface area contributed by atoms with Crippen molar-refractivity contribution in [2.45, 2.75) is 39.3 Å². The lowest BCUT2D eigenvalue weighted by Crippen LogP contribution is -2.54. The van der Waals surface area contributed by atoms with Gasteiger partial charge < -0.3 is 10.2 Å². The number of piperazine rings is 1. The molecule has 12 heavy (non-hydrogen) atoms. The molecule has 0 aromatic carbocycles. The van der Waals surface area contributed by atoms with Gasteiger partial charge in [-0.05, 0) is 26.3 Å². The van der Waals surface area contributed by atoms with Crippen LogP contribution >= 0.6 is 0 Å². The van der Waals surface area contributed by atoms with Crippen LogP contribution in [0.15, 0.2) is 0 Å². The molecule has 1 saturated heterocycles. The van der Waals surface area contributed by atoms with Gasteiger partial charge >= 0.3 is 0 Å². The van der Waals surface area contributed by atoms with Crippen molar-refractivity contribution >= 4 is 0 Å². The van der Waals surface area contributed by atoms with Gasteiger partial charge in [-0.15, -0.1) is 0 Å². The van der Waals surface area contributed by atoms with Crippen LogP contribution in [0.25, 0.3) is 0 Å². The fourth-order valence-corrected chi connectivity index (χ4v) is 1.81. The minimum absolute atomic E-state index is 0.702. The summed E-state index contributed by atoms with van der Waals surface area (Å²) in [6.45, 7) is 9.21. The molecule has 1 heterocycles. The number of rotatable bonds is 2. The van der Waals surface area contributed by atoms with Crippen molar-refractivity contribution in [3.05, 3.63) is 0 Å². The van der Waals surface area contributed by atoms with Gasteiger partial charge in [-0.25, -0.2) is 0 Å². The molecule has 0 saturated carbocycles.